The van der Waals surface area contributed by atoms with Crippen LogP contribution in [0.3, 0.4) is 0 Å². The van der Waals surface area contributed by atoms with Crippen LogP contribution in [-0.2, 0) is 0 Å². The standard InChI is InChI=1S/C23H23NO3/c1-17-6-10-20(11-7-17)24-23(25)19-8-12-21(13-9-19)26-14-15-27-22-5-3-4-18(2)16-22/h3-13,16H,14-15H2,1-2H3,(H,24,25). The van der Waals surface area contributed by atoms with Crippen molar-refractivity contribution in [2.75, 3.05) is 18.5 Å². The molecule has 0 fully saturated rings. The van der Waals surface area contributed by atoms with Crippen LogP contribution in [0.4, 0.5) is 5.69 Å². The first kappa shape index (κ1) is 18.5. The van der Waals surface area contributed by atoms with Crippen molar-refractivity contribution in [3.05, 3.63) is 89.5 Å². The summed E-state index contributed by atoms with van der Waals surface area (Å²) in [7, 11) is 0. The number of ether oxygens (including phenoxy) is 2. The first-order chi connectivity index (χ1) is 13.1. The Hall–Kier alpha value is -3.27. The summed E-state index contributed by atoms with van der Waals surface area (Å²) in [5, 5.41) is 2.88. The molecule has 4 nitrogen and oxygen atoms in total. The van der Waals surface area contributed by atoms with E-state index in [4.69, 9.17) is 9.47 Å². The molecule has 0 spiro atoms. The fourth-order valence-corrected chi connectivity index (χ4v) is 2.57. The van der Waals surface area contributed by atoms with Crippen LogP contribution in [-0.4, -0.2) is 19.1 Å². The molecule has 0 unspecified atom stereocenters. The Kier molecular flexibility index (Phi) is 6.10. The average Bonchev–Trinajstić information content (AvgIpc) is 2.67. The summed E-state index contributed by atoms with van der Waals surface area (Å²) in [6.45, 7) is 4.93. The zero-order chi connectivity index (χ0) is 19.1. The van der Waals surface area contributed by atoms with E-state index in [0.29, 0.717) is 24.5 Å². The molecule has 3 aromatic carbocycles. The molecule has 0 heterocycles. The van der Waals surface area contributed by atoms with E-state index in [-0.39, 0.29) is 5.91 Å². The van der Waals surface area contributed by atoms with E-state index in [1.165, 1.54) is 0 Å². The number of nitrogens with one attached hydrogen (secondary N) is 1. The number of amides is 1. The summed E-state index contributed by atoms with van der Waals surface area (Å²) in [6, 6.07) is 22.7. The van der Waals surface area contributed by atoms with Crippen molar-refractivity contribution < 1.29 is 14.3 Å². The molecular weight excluding hydrogens is 338 g/mol. The van der Waals surface area contributed by atoms with Gasteiger partial charge in [-0.3, -0.25) is 4.79 Å². The number of rotatable bonds is 7. The topological polar surface area (TPSA) is 47.6 Å². The Bertz CT molecular complexity index is 886. The van der Waals surface area contributed by atoms with Crippen LogP contribution in [0.1, 0.15) is 21.5 Å². The van der Waals surface area contributed by atoms with Crippen LogP contribution in [0, 0.1) is 13.8 Å². The molecule has 138 valence electrons. The number of anilines is 1. The number of hydrogen-bond acceptors (Lipinski definition) is 3. The molecule has 0 atom stereocenters. The van der Waals surface area contributed by atoms with Gasteiger partial charge in [-0.15, -0.1) is 0 Å². The normalized spacial score (nSPS) is 10.3. The van der Waals surface area contributed by atoms with Crippen molar-refractivity contribution in [1.82, 2.24) is 0 Å². The molecule has 1 amide bonds. The quantitative estimate of drug-likeness (QED) is 0.602. The van der Waals surface area contributed by atoms with Crippen molar-refractivity contribution in [2.45, 2.75) is 13.8 Å². The van der Waals surface area contributed by atoms with Gasteiger partial charge in [0, 0.05) is 11.3 Å². The summed E-state index contributed by atoms with van der Waals surface area (Å²) >= 11 is 0. The summed E-state index contributed by atoms with van der Waals surface area (Å²) in [4.78, 5) is 12.3. The molecule has 0 aliphatic carbocycles. The number of hydrogen-bond donors (Lipinski definition) is 1. The highest BCUT2D eigenvalue weighted by Gasteiger charge is 2.06. The molecule has 3 aromatic rings. The number of carbonyl (C=O) groups is 1. The van der Waals surface area contributed by atoms with E-state index in [9.17, 15) is 4.79 Å². The van der Waals surface area contributed by atoms with Crippen LogP contribution >= 0.6 is 0 Å². The van der Waals surface area contributed by atoms with Gasteiger partial charge < -0.3 is 14.8 Å². The van der Waals surface area contributed by atoms with Crippen molar-refractivity contribution in [3.63, 3.8) is 0 Å². The maximum absolute atomic E-state index is 12.3. The zero-order valence-corrected chi connectivity index (χ0v) is 15.6. The second-order valence-electron chi connectivity index (χ2n) is 6.36. The third-order valence-corrected chi connectivity index (χ3v) is 4.04. The SMILES string of the molecule is Cc1ccc(NC(=O)c2ccc(OCCOc3cccc(C)c3)cc2)cc1. The Morgan fingerprint density at radius 1 is 0.778 bits per heavy atom. The molecule has 27 heavy (non-hydrogen) atoms. The number of aryl methyl sites for hydroxylation is 2. The Labute approximate surface area is 159 Å². The van der Waals surface area contributed by atoms with E-state index in [2.05, 4.69) is 5.32 Å². The monoisotopic (exact) mass is 361 g/mol. The number of carbonyl (C=O) groups excluding carboxylic acids is 1. The molecule has 0 radical (unpaired) electrons. The van der Waals surface area contributed by atoms with Gasteiger partial charge >= 0.3 is 0 Å². The highest BCUT2D eigenvalue weighted by atomic mass is 16.5. The Morgan fingerprint density at radius 3 is 2.11 bits per heavy atom. The van der Waals surface area contributed by atoms with Crippen LogP contribution in [0.25, 0.3) is 0 Å². The second kappa shape index (κ2) is 8.90. The van der Waals surface area contributed by atoms with Gasteiger partial charge in [-0.05, 0) is 67.9 Å². The third kappa shape index (κ3) is 5.61. The average molecular weight is 361 g/mol. The summed E-state index contributed by atoms with van der Waals surface area (Å²) in [5.74, 6) is 1.39. The largest absolute Gasteiger partial charge is 0.490 e. The van der Waals surface area contributed by atoms with Gasteiger partial charge in [-0.25, -0.2) is 0 Å². The Morgan fingerprint density at radius 2 is 1.44 bits per heavy atom. The summed E-state index contributed by atoms with van der Waals surface area (Å²) in [6.07, 6.45) is 0. The third-order valence-electron chi connectivity index (χ3n) is 4.04. The van der Waals surface area contributed by atoms with E-state index in [1.807, 2.05) is 62.4 Å². The lowest BCUT2D eigenvalue weighted by atomic mass is 10.2. The molecule has 1 N–H and O–H groups in total. The fraction of sp³-hybridized carbons (Fsp3) is 0.174. The predicted molar refractivity (Wildman–Crippen MR) is 108 cm³/mol. The molecule has 0 saturated heterocycles. The van der Waals surface area contributed by atoms with Gasteiger partial charge in [0.05, 0.1) is 0 Å². The molecule has 0 aromatic heterocycles. The van der Waals surface area contributed by atoms with Crippen LogP contribution in [0.15, 0.2) is 72.8 Å². The van der Waals surface area contributed by atoms with Crippen molar-refractivity contribution in [3.8, 4) is 11.5 Å². The zero-order valence-electron chi connectivity index (χ0n) is 15.6. The maximum atomic E-state index is 12.3. The highest BCUT2D eigenvalue weighted by Crippen LogP contribution is 2.16. The van der Waals surface area contributed by atoms with Gasteiger partial charge in [-0.1, -0.05) is 29.8 Å². The first-order valence-electron chi connectivity index (χ1n) is 8.90. The van der Waals surface area contributed by atoms with Crippen LogP contribution in [0.2, 0.25) is 0 Å². The minimum Gasteiger partial charge on any atom is -0.490 e. The lowest BCUT2D eigenvalue weighted by Gasteiger charge is -2.10. The molecular formula is C23H23NO3. The first-order valence-corrected chi connectivity index (χ1v) is 8.90. The van der Waals surface area contributed by atoms with Crippen LogP contribution in [0.5, 0.6) is 11.5 Å². The van der Waals surface area contributed by atoms with Crippen molar-refractivity contribution in [2.24, 2.45) is 0 Å². The van der Waals surface area contributed by atoms with E-state index >= 15 is 0 Å². The predicted octanol–water partition coefficient (Wildman–Crippen LogP) is 5.01. The molecule has 3 rings (SSSR count). The van der Waals surface area contributed by atoms with E-state index < -0.39 is 0 Å². The van der Waals surface area contributed by atoms with E-state index in [0.717, 1.165) is 22.6 Å². The lowest BCUT2D eigenvalue weighted by Crippen LogP contribution is -2.12. The molecule has 0 aliphatic heterocycles. The lowest BCUT2D eigenvalue weighted by molar-refractivity contribution is 0.102. The molecule has 0 saturated carbocycles. The summed E-state index contributed by atoms with van der Waals surface area (Å²) < 4.78 is 11.3. The van der Waals surface area contributed by atoms with Crippen molar-refractivity contribution >= 4 is 11.6 Å². The summed E-state index contributed by atoms with van der Waals surface area (Å²) in [5.41, 5.74) is 3.67. The van der Waals surface area contributed by atoms with Crippen LogP contribution < -0.4 is 14.8 Å². The minimum absolute atomic E-state index is 0.145. The molecule has 4 heteroatoms. The molecule has 0 aliphatic rings. The number of benzene rings is 3. The maximum Gasteiger partial charge on any atom is 0.255 e. The van der Waals surface area contributed by atoms with Gasteiger partial charge in [0.15, 0.2) is 0 Å². The Balaban J connectivity index is 1.46. The smallest absolute Gasteiger partial charge is 0.255 e. The second-order valence-corrected chi connectivity index (χ2v) is 6.36. The minimum atomic E-state index is -0.145. The fourth-order valence-electron chi connectivity index (χ4n) is 2.57. The van der Waals surface area contributed by atoms with Gasteiger partial charge in [0.2, 0.25) is 0 Å². The highest BCUT2D eigenvalue weighted by molar-refractivity contribution is 6.04. The van der Waals surface area contributed by atoms with Gasteiger partial charge in [0.25, 0.3) is 5.91 Å². The van der Waals surface area contributed by atoms with Crippen molar-refractivity contribution in [1.29, 1.82) is 0 Å². The van der Waals surface area contributed by atoms with Gasteiger partial charge in [-0.2, -0.15) is 0 Å². The molecule has 0 bridgehead atoms. The van der Waals surface area contributed by atoms with Gasteiger partial charge in [0.1, 0.15) is 24.7 Å². The van der Waals surface area contributed by atoms with E-state index in [1.54, 1.807) is 24.3 Å².